The van der Waals surface area contributed by atoms with Gasteiger partial charge in [-0.1, -0.05) is 121 Å². The summed E-state index contributed by atoms with van der Waals surface area (Å²) in [6.45, 7) is 0. The summed E-state index contributed by atoms with van der Waals surface area (Å²) in [5, 5.41) is 49.6. The van der Waals surface area contributed by atoms with Crippen molar-refractivity contribution in [3.8, 4) is 45.3 Å². The minimum absolute atomic E-state index is 0. The second kappa shape index (κ2) is 16.0. The van der Waals surface area contributed by atoms with Crippen molar-refractivity contribution in [2.45, 2.75) is 0 Å². The summed E-state index contributed by atoms with van der Waals surface area (Å²) in [6, 6.07) is 45.7. The maximum absolute atomic E-state index is 10.4. The molecule has 48 heavy (non-hydrogen) atoms. The van der Waals surface area contributed by atoms with E-state index in [1.165, 1.54) is 0 Å². The third-order valence-corrected chi connectivity index (χ3v) is 8.13. The van der Waals surface area contributed by atoms with Gasteiger partial charge in [0.1, 0.15) is 23.0 Å². The van der Waals surface area contributed by atoms with Gasteiger partial charge in [-0.15, -0.1) is 0 Å². The molecule has 0 aliphatic heterocycles. The van der Waals surface area contributed by atoms with Crippen molar-refractivity contribution in [2.24, 2.45) is 0 Å². The largest absolute Gasteiger partial charge is 0.507 e. The molecule has 236 valence electrons. The Hall–Kier alpha value is -4.65. The first-order valence-electron chi connectivity index (χ1n) is 14.3. The van der Waals surface area contributed by atoms with Crippen LogP contribution in [0.4, 0.5) is 0 Å². The van der Waals surface area contributed by atoms with Gasteiger partial charge in [0.05, 0.1) is 0 Å². The third-order valence-electron chi connectivity index (χ3n) is 8.13. The quantitative estimate of drug-likeness (QED) is 0.134. The van der Waals surface area contributed by atoms with Crippen molar-refractivity contribution in [3.63, 3.8) is 0 Å². The molecular weight excluding hydrogens is 672 g/mol. The van der Waals surface area contributed by atoms with Crippen molar-refractivity contribution in [3.05, 3.63) is 146 Å². The second-order valence-electron chi connectivity index (χ2n) is 10.7. The fraction of sp³-hybridized carbons (Fsp3) is 0. The predicted octanol–water partition coefficient (Wildman–Crippen LogP) is 8.49. The smallest absolute Gasteiger partial charge is 0.124 e. The zero-order valence-electron chi connectivity index (χ0n) is 25.6. The summed E-state index contributed by atoms with van der Waals surface area (Å²) in [5.41, 5.74) is 2.69. The Morgan fingerprint density at radius 2 is 0.438 bits per heavy atom. The molecule has 8 aromatic rings. The number of rotatable bonds is 2. The maximum atomic E-state index is 10.4. The summed E-state index contributed by atoms with van der Waals surface area (Å²) in [7, 11) is 0. The summed E-state index contributed by atoms with van der Waals surface area (Å²) in [6.07, 6.45) is 0. The fourth-order valence-electron chi connectivity index (χ4n) is 6.09. The number of hydrogen-bond donors (Lipinski definition) is 4. The number of fused-ring (bicyclic) bond motifs is 4. The van der Waals surface area contributed by atoms with Crippen LogP contribution in [0.1, 0.15) is 0 Å². The monoisotopic (exact) mass is 704 g/mol. The van der Waals surface area contributed by atoms with Crippen LogP contribution in [0, 0.1) is 0 Å². The van der Waals surface area contributed by atoms with Gasteiger partial charge >= 0.3 is 0 Å². The molecular formula is C40H32O6Ti2. The zero-order valence-corrected chi connectivity index (χ0v) is 28.8. The average Bonchev–Trinajstić information content (AvgIpc) is 3.06. The van der Waals surface area contributed by atoms with Crippen LogP contribution in [0.2, 0.25) is 0 Å². The number of phenols is 4. The van der Waals surface area contributed by atoms with E-state index in [-0.39, 0.29) is 77.4 Å². The van der Waals surface area contributed by atoms with Gasteiger partial charge in [0.25, 0.3) is 0 Å². The van der Waals surface area contributed by atoms with E-state index in [2.05, 4.69) is 0 Å². The molecule has 0 atom stereocenters. The van der Waals surface area contributed by atoms with E-state index < -0.39 is 0 Å². The molecule has 0 saturated carbocycles. The van der Waals surface area contributed by atoms with Gasteiger partial charge in [-0.3, -0.25) is 0 Å². The molecule has 8 N–H and O–H groups in total. The van der Waals surface area contributed by atoms with Gasteiger partial charge in [-0.2, -0.15) is 0 Å². The zero-order chi connectivity index (χ0) is 30.2. The molecule has 8 rings (SSSR count). The molecule has 0 heterocycles. The van der Waals surface area contributed by atoms with Crippen LogP contribution in [0.15, 0.2) is 146 Å². The normalized spacial score (nSPS) is 10.2. The summed E-state index contributed by atoms with van der Waals surface area (Å²) in [4.78, 5) is 0. The standard InChI is InChI=1S/2C20H14O2.2H2O.2Ti/c2*21-17-11-9-13-5-1-3-7-15(13)19(17)20-16-8-4-2-6-14(16)10-12-18(20)22;;;;/h2*1-12,21-22H;2*1H2;;. The van der Waals surface area contributed by atoms with Crippen molar-refractivity contribution in [2.75, 3.05) is 0 Å². The Bertz CT molecular complexity index is 2020. The molecule has 0 saturated heterocycles. The van der Waals surface area contributed by atoms with Gasteiger partial charge in [0.15, 0.2) is 0 Å². The molecule has 0 aliphatic rings. The van der Waals surface area contributed by atoms with E-state index in [1.807, 2.05) is 121 Å². The maximum Gasteiger partial charge on any atom is 0.124 e. The van der Waals surface area contributed by atoms with Gasteiger partial charge in [-0.25, -0.2) is 0 Å². The summed E-state index contributed by atoms with van der Waals surface area (Å²) >= 11 is 0. The van der Waals surface area contributed by atoms with E-state index in [9.17, 15) is 20.4 Å². The Morgan fingerprint density at radius 3 is 0.646 bits per heavy atom. The summed E-state index contributed by atoms with van der Waals surface area (Å²) in [5.74, 6) is 0.686. The van der Waals surface area contributed by atoms with Crippen molar-refractivity contribution < 1.29 is 74.8 Å². The minimum Gasteiger partial charge on any atom is -0.507 e. The van der Waals surface area contributed by atoms with Crippen LogP contribution >= 0.6 is 0 Å². The Morgan fingerprint density at radius 1 is 0.250 bits per heavy atom. The molecule has 0 fully saturated rings. The molecule has 0 bridgehead atoms. The van der Waals surface area contributed by atoms with Crippen LogP contribution in [0.3, 0.4) is 0 Å². The van der Waals surface area contributed by atoms with Crippen molar-refractivity contribution in [1.29, 1.82) is 0 Å². The molecule has 6 nitrogen and oxygen atoms in total. The number of phenolic OH excluding ortho intramolecular Hbond substituents is 4. The minimum atomic E-state index is 0. The van der Waals surface area contributed by atoms with Gasteiger partial charge in [0.2, 0.25) is 0 Å². The number of hydrogen-bond acceptors (Lipinski definition) is 4. The van der Waals surface area contributed by atoms with E-state index >= 15 is 0 Å². The van der Waals surface area contributed by atoms with Gasteiger partial charge < -0.3 is 31.4 Å². The fourth-order valence-corrected chi connectivity index (χ4v) is 6.09. The van der Waals surface area contributed by atoms with E-state index in [0.717, 1.165) is 43.1 Å². The Balaban J connectivity index is 0.000000240. The average molecular weight is 704 g/mol. The third kappa shape index (κ3) is 6.82. The van der Waals surface area contributed by atoms with Crippen LogP contribution in [-0.2, 0) is 43.4 Å². The van der Waals surface area contributed by atoms with Crippen molar-refractivity contribution >= 4 is 43.1 Å². The molecule has 0 spiro atoms. The van der Waals surface area contributed by atoms with Gasteiger partial charge in [-0.05, 0) is 67.4 Å². The molecule has 8 heteroatoms. The number of aromatic hydroxyl groups is 4. The van der Waals surface area contributed by atoms with E-state index in [1.54, 1.807) is 24.3 Å². The molecule has 0 radical (unpaired) electrons. The predicted molar refractivity (Wildman–Crippen MR) is 188 cm³/mol. The molecule has 8 aromatic carbocycles. The SMILES string of the molecule is O.O.Oc1ccc2ccccc2c1-c1c(O)ccc2ccccc12.Oc1ccc2ccccc2c1-c1c(O)ccc2ccccc12.[Ti].[Ti]. The first-order chi connectivity index (χ1) is 21.5. The van der Waals surface area contributed by atoms with Crippen LogP contribution in [0.5, 0.6) is 23.0 Å². The molecule has 0 amide bonds. The Labute approximate surface area is 306 Å². The van der Waals surface area contributed by atoms with Crippen molar-refractivity contribution in [1.82, 2.24) is 0 Å². The summed E-state index contributed by atoms with van der Waals surface area (Å²) < 4.78 is 0. The topological polar surface area (TPSA) is 144 Å². The van der Waals surface area contributed by atoms with E-state index in [0.29, 0.717) is 22.3 Å². The van der Waals surface area contributed by atoms with Gasteiger partial charge in [0, 0.05) is 65.7 Å². The first kappa shape index (κ1) is 37.8. The van der Waals surface area contributed by atoms with Crippen LogP contribution < -0.4 is 0 Å². The van der Waals surface area contributed by atoms with Crippen LogP contribution in [0.25, 0.3) is 65.3 Å². The number of benzene rings is 8. The first-order valence-corrected chi connectivity index (χ1v) is 14.3. The van der Waals surface area contributed by atoms with Crippen LogP contribution in [-0.4, -0.2) is 31.4 Å². The molecule has 0 aromatic heterocycles. The van der Waals surface area contributed by atoms with E-state index in [4.69, 9.17) is 0 Å². The molecule has 0 unspecified atom stereocenters. The Kier molecular flexibility index (Phi) is 12.6. The second-order valence-corrected chi connectivity index (χ2v) is 10.7. The molecule has 0 aliphatic carbocycles.